The van der Waals surface area contributed by atoms with E-state index in [1.165, 1.54) is 18.2 Å². The summed E-state index contributed by atoms with van der Waals surface area (Å²) in [6, 6.07) is 3.70. The minimum Gasteiger partial charge on any atom is -0.467 e. The molecule has 2 aromatic rings. The van der Waals surface area contributed by atoms with Gasteiger partial charge in [-0.15, -0.1) is 5.10 Å². The van der Waals surface area contributed by atoms with E-state index in [0.29, 0.717) is 23.4 Å². The van der Waals surface area contributed by atoms with Gasteiger partial charge in [0.05, 0.1) is 12.0 Å². The predicted octanol–water partition coefficient (Wildman–Crippen LogP) is 1.66. The molecule has 1 aliphatic heterocycles. The lowest BCUT2D eigenvalue weighted by atomic mass is 10.0. The summed E-state index contributed by atoms with van der Waals surface area (Å²) in [5.41, 5.74) is 0. The van der Waals surface area contributed by atoms with Gasteiger partial charge in [0.15, 0.2) is 0 Å². The molecule has 3 rings (SSSR count). The fourth-order valence-corrected chi connectivity index (χ4v) is 3.36. The zero-order valence-electron chi connectivity index (χ0n) is 12.5. The van der Waals surface area contributed by atoms with Gasteiger partial charge in [-0.1, -0.05) is 18.7 Å². The molecule has 8 heteroatoms. The topological polar surface area (TPSA) is 77.1 Å². The van der Waals surface area contributed by atoms with Gasteiger partial charge in [0, 0.05) is 13.1 Å². The van der Waals surface area contributed by atoms with E-state index in [0.717, 1.165) is 25.3 Å². The lowest BCUT2D eigenvalue weighted by molar-refractivity contribution is -0.130. The molecule has 0 unspecified atom stereocenters. The van der Waals surface area contributed by atoms with Crippen molar-refractivity contribution in [1.82, 2.24) is 25.1 Å². The fourth-order valence-electron chi connectivity index (χ4n) is 2.58. The zero-order chi connectivity index (χ0) is 15.4. The summed E-state index contributed by atoms with van der Waals surface area (Å²) in [6.07, 6.45) is 3.92. The van der Waals surface area contributed by atoms with Crippen LogP contribution in [0.3, 0.4) is 0 Å². The molecule has 0 radical (unpaired) electrons. The Labute approximate surface area is 133 Å². The lowest BCUT2D eigenvalue weighted by Crippen LogP contribution is -2.40. The number of carbonyl (C=O) groups is 1. The average molecular weight is 321 g/mol. The third-order valence-electron chi connectivity index (χ3n) is 3.72. The predicted molar refractivity (Wildman–Crippen MR) is 81.3 cm³/mol. The molecule has 0 aliphatic carbocycles. The highest BCUT2D eigenvalue weighted by Crippen LogP contribution is 2.19. The number of thioether (sulfide) groups is 1. The summed E-state index contributed by atoms with van der Waals surface area (Å²) in [7, 11) is 0. The Morgan fingerprint density at radius 2 is 2.45 bits per heavy atom. The van der Waals surface area contributed by atoms with Crippen LogP contribution in [0.15, 0.2) is 28.0 Å². The van der Waals surface area contributed by atoms with Crippen molar-refractivity contribution in [1.29, 1.82) is 0 Å². The number of amides is 1. The number of aromatic nitrogens is 4. The number of furan rings is 1. The molecule has 1 atom stereocenters. The molecule has 1 fully saturated rings. The highest BCUT2D eigenvalue weighted by atomic mass is 32.2. The standard InChI is InChI=1S/C14H19N5O2S/c1-11-4-2-6-18(8-11)13(20)10-22-14-15-16-17-19(14)9-12-5-3-7-21-12/h3,5,7,11H,2,4,6,8-10H2,1H3/t11-/m1/s1. The van der Waals surface area contributed by atoms with Crippen LogP contribution in [0.4, 0.5) is 0 Å². The Morgan fingerprint density at radius 1 is 1.55 bits per heavy atom. The summed E-state index contributed by atoms with van der Waals surface area (Å²) in [5, 5.41) is 12.2. The van der Waals surface area contributed by atoms with Crippen molar-refractivity contribution in [2.24, 2.45) is 5.92 Å². The normalized spacial score (nSPS) is 18.6. The molecule has 0 bridgehead atoms. The van der Waals surface area contributed by atoms with Crippen molar-refractivity contribution in [2.45, 2.75) is 31.5 Å². The van der Waals surface area contributed by atoms with E-state index in [1.807, 2.05) is 17.0 Å². The fraction of sp³-hybridized carbons (Fsp3) is 0.571. The van der Waals surface area contributed by atoms with Crippen LogP contribution in [0.1, 0.15) is 25.5 Å². The minimum absolute atomic E-state index is 0.157. The molecule has 118 valence electrons. The smallest absolute Gasteiger partial charge is 0.233 e. The van der Waals surface area contributed by atoms with Crippen LogP contribution in [-0.4, -0.2) is 49.9 Å². The van der Waals surface area contributed by atoms with E-state index in [1.54, 1.807) is 10.9 Å². The third-order valence-corrected chi connectivity index (χ3v) is 4.66. The lowest BCUT2D eigenvalue weighted by Gasteiger charge is -2.30. The molecule has 1 amide bonds. The van der Waals surface area contributed by atoms with Gasteiger partial charge < -0.3 is 9.32 Å². The van der Waals surface area contributed by atoms with Crippen LogP contribution >= 0.6 is 11.8 Å². The maximum absolute atomic E-state index is 12.3. The first-order valence-corrected chi connectivity index (χ1v) is 8.40. The Balaban J connectivity index is 1.55. The summed E-state index contributed by atoms with van der Waals surface area (Å²) in [5.74, 6) is 1.90. The Kier molecular flexibility index (Phi) is 4.77. The number of rotatable bonds is 5. The molecule has 1 saturated heterocycles. The van der Waals surface area contributed by atoms with Crippen LogP contribution in [0.5, 0.6) is 0 Å². The van der Waals surface area contributed by atoms with Gasteiger partial charge in [-0.2, -0.15) is 0 Å². The van der Waals surface area contributed by atoms with Crippen molar-refractivity contribution >= 4 is 17.7 Å². The zero-order valence-corrected chi connectivity index (χ0v) is 13.3. The molecule has 22 heavy (non-hydrogen) atoms. The van der Waals surface area contributed by atoms with E-state index in [4.69, 9.17) is 4.42 Å². The largest absolute Gasteiger partial charge is 0.467 e. The highest BCUT2D eigenvalue weighted by molar-refractivity contribution is 7.99. The second-order valence-electron chi connectivity index (χ2n) is 5.57. The number of tetrazole rings is 1. The summed E-state index contributed by atoms with van der Waals surface area (Å²) < 4.78 is 6.94. The quantitative estimate of drug-likeness (QED) is 0.780. The molecule has 1 aliphatic rings. The second-order valence-corrected chi connectivity index (χ2v) is 6.52. The molecular formula is C14H19N5O2S. The molecule has 0 N–H and O–H groups in total. The van der Waals surface area contributed by atoms with Crippen LogP contribution in [0, 0.1) is 5.92 Å². The van der Waals surface area contributed by atoms with Gasteiger partial charge >= 0.3 is 0 Å². The first kappa shape index (κ1) is 15.1. The first-order chi connectivity index (χ1) is 10.7. The van der Waals surface area contributed by atoms with Crippen LogP contribution in [0.2, 0.25) is 0 Å². The number of hydrogen-bond donors (Lipinski definition) is 0. The number of carbonyl (C=O) groups excluding carboxylic acids is 1. The molecule has 0 spiro atoms. The summed E-state index contributed by atoms with van der Waals surface area (Å²) in [4.78, 5) is 14.2. The number of likely N-dealkylation sites (tertiary alicyclic amines) is 1. The number of nitrogens with zero attached hydrogens (tertiary/aromatic N) is 5. The van der Waals surface area contributed by atoms with Gasteiger partial charge in [0.1, 0.15) is 12.3 Å². The van der Waals surface area contributed by atoms with Crippen LogP contribution in [0.25, 0.3) is 0 Å². The van der Waals surface area contributed by atoms with E-state index in [9.17, 15) is 4.79 Å². The maximum Gasteiger partial charge on any atom is 0.233 e. The molecule has 0 saturated carbocycles. The van der Waals surface area contributed by atoms with Crippen molar-refractivity contribution in [3.63, 3.8) is 0 Å². The molecule has 2 aromatic heterocycles. The van der Waals surface area contributed by atoms with Crippen LogP contribution in [-0.2, 0) is 11.3 Å². The van der Waals surface area contributed by atoms with E-state index in [2.05, 4.69) is 22.4 Å². The summed E-state index contributed by atoms with van der Waals surface area (Å²) in [6.45, 7) is 4.38. The van der Waals surface area contributed by atoms with Crippen molar-refractivity contribution in [2.75, 3.05) is 18.8 Å². The highest BCUT2D eigenvalue weighted by Gasteiger charge is 2.21. The van der Waals surface area contributed by atoms with Gasteiger partial charge in [0.25, 0.3) is 0 Å². The van der Waals surface area contributed by atoms with E-state index >= 15 is 0 Å². The van der Waals surface area contributed by atoms with Crippen molar-refractivity contribution < 1.29 is 9.21 Å². The Hall–Kier alpha value is -1.83. The van der Waals surface area contributed by atoms with Crippen LogP contribution < -0.4 is 0 Å². The molecule has 0 aromatic carbocycles. The van der Waals surface area contributed by atoms with E-state index in [-0.39, 0.29) is 5.91 Å². The molecule has 3 heterocycles. The third kappa shape index (κ3) is 3.68. The van der Waals surface area contributed by atoms with Gasteiger partial charge in [-0.05, 0) is 41.3 Å². The van der Waals surface area contributed by atoms with Gasteiger partial charge in [-0.25, -0.2) is 4.68 Å². The maximum atomic E-state index is 12.3. The molecular weight excluding hydrogens is 302 g/mol. The monoisotopic (exact) mass is 321 g/mol. The number of piperidine rings is 1. The second kappa shape index (κ2) is 6.95. The van der Waals surface area contributed by atoms with Gasteiger partial charge in [-0.3, -0.25) is 4.79 Å². The SMILES string of the molecule is C[C@@H]1CCCN(C(=O)CSc2nnnn2Cc2ccco2)C1. The van der Waals surface area contributed by atoms with Crippen molar-refractivity contribution in [3.05, 3.63) is 24.2 Å². The number of hydrogen-bond acceptors (Lipinski definition) is 6. The van der Waals surface area contributed by atoms with Crippen molar-refractivity contribution in [3.8, 4) is 0 Å². The minimum atomic E-state index is 0.157. The Bertz CT molecular complexity index is 613. The molecule has 7 nitrogen and oxygen atoms in total. The van der Waals surface area contributed by atoms with E-state index < -0.39 is 0 Å². The van der Waals surface area contributed by atoms with Gasteiger partial charge in [0.2, 0.25) is 11.1 Å². The average Bonchev–Trinajstić information content (AvgIpc) is 3.17. The summed E-state index contributed by atoms with van der Waals surface area (Å²) >= 11 is 1.37. The Morgan fingerprint density at radius 3 is 3.23 bits per heavy atom. The first-order valence-electron chi connectivity index (χ1n) is 7.41.